The molecular weight excluding hydrogens is 384 g/mol. The topological polar surface area (TPSA) is 109 Å². The van der Waals surface area contributed by atoms with Gasteiger partial charge in [0.05, 0.1) is 0 Å². The van der Waals surface area contributed by atoms with E-state index < -0.39 is 5.97 Å². The van der Waals surface area contributed by atoms with E-state index in [9.17, 15) is 9.59 Å². The SMILES string of the molecule is CCC(C1CCCN1)C(N)[C@H]1CCC(=O)N1CCSc1nc(C(=O)O)cs1. The highest BCUT2D eigenvalue weighted by atomic mass is 32.2. The number of carboxylic acid groups (broad SMARTS) is 1. The van der Waals surface area contributed by atoms with Gasteiger partial charge in [0.15, 0.2) is 10.0 Å². The second kappa shape index (κ2) is 9.36. The molecule has 2 fully saturated rings. The van der Waals surface area contributed by atoms with Crippen LogP contribution in [0, 0.1) is 5.92 Å². The molecule has 0 aliphatic carbocycles. The fraction of sp³-hybridized carbons (Fsp3) is 0.722. The molecule has 1 amide bonds. The molecule has 2 saturated heterocycles. The molecule has 4 N–H and O–H groups in total. The van der Waals surface area contributed by atoms with Gasteiger partial charge in [-0.05, 0) is 31.7 Å². The number of carbonyl (C=O) groups is 2. The van der Waals surface area contributed by atoms with Crippen molar-refractivity contribution in [3.05, 3.63) is 11.1 Å². The molecule has 0 radical (unpaired) electrons. The summed E-state index contributed by atoms with van der Waals surface area (Å²) in [5, 5.41) is 14.1. The third-order valence-corrected chi connectivity index (χ3v) is 7.66. The smallest absolute Gasteiger partial charge is 0.355 e. The van der Waals surface area contributed by atoms with Gasteiger partial charge in [-0.3, -0.25) is 4.79 Å². The lowest BCUT2D eigenvalue weighted by molar-refractivity contribution is -0.129. The number of likely N-dealkylation sites (tertiary alicyclic amines) is 1. The van der Waals surface area contributed by atoms with Crippen molar-refractivity contribution in [2.24, 2.45) is 11.7 Å². The summed E-state index contributed by atoms with van der Waals surface area (Å²) in [6.07, 6.45) is 4.78. The van der Waals surface area contributed by atoms with Crippen LogP contribution in [0.25, 0.3) is 0 Å². The maximum Gasteiger partial charge on any atom is 0.355 e. The van der Waals surface area contributed by atoms with E-state index in [1.807, 2.05) is 4.90 Å². The summed E-state index contributed by atoms with van der Waals surface area (Å²) in [4.78, 5) is 29.4. The fourth-order valence-electron chi connectivity index (χ4n) is 4.29. The molecule has 3 heterocycles. The second-order valence-electron chi connectivity index (χ2n) is 7.20. The number of nitrogens with two attached hydrogens (primary N) is 1. The number of hydrogen-bond acceptors (Lipinski definition) is 7. The lowest BCUT2D eigenvalue weighted by Gasteiger charge is -2.36. The van der Waals surface area contributed by atoms with Crippen molar-refractivity contribution in [2.75, 3.05) is 18.8 Å². The van der Waals surface area contributed by atoms with Gasteiger partial charge in [0.1, 0.15) is 0 Å². The number of carbonyl (C=O) groups excluding carboxylic acids is 1. The van der Waals surface area contributed by atoms with Crippen LogP contribution in [0.5, 0.6) is 0 Å². The predicted octanol–water partition coefficient (Wildman–Crippen LogP) is 2.03. The molecule has 3 rings (SSSR count). The first-order chi connectivity index (χ1) is 13.0. The highest BCUT2D eigenvalue weighted by Crippen LogP contribution is 2.30. The third kappa shape index (κ3) is 4.82. The van der Waals surface area contributed by atoms with E-state index in [0.29, 0.717) is 30.7 Å². The Morgan fingerprint density at radius 3 is 3.00 bits per heavy atom. The van der Waals surface area contributed by atoms with Gasteiger partial charge in [0, 0.05) is 42.2 Å². The Bertz CT molecular complexity index is 663. The Balaban J connectivity index is 1.57. The zero-order valence-corrected chi connectivity index (χ0v) is 17.2. The minimum atomic E-state index is -1.01. The minimum Gasteiger partial charge on any atom is -0.476 e. The van der Waals surface area contributed by atoms with E-state index in [2.05, 4.69) is 17.2 Å². The zero-order valence-electron chi connectivity index (χ0n) is 15.6. The number of aromatic nitrogens is 1. The summed E-state index contributed by atoms with van der Waals surface area (Å²) in [7, 11) is 0. The molecule has 0 aromatic carbocycles. The highest BCUT2D eigenvalue weighted by molar-refractivity contribution is 8.01. The number of hydrogen-bond donors (Lipinski definition) is 3. The van der Waals surface area contributed by atoms with Crippen molar-refractivity contribution >= 4 is 35.0 Å². The Hall–Kier alpha value is -1.16. The van der Waals surface area contributed by atoms with Crippen LogP contribution in [0.1, 0.15) is 49.5 Å². The highest BCUT2D eigenvalue weighted by Gasteiger charge is 2.40. The lowest BCUT2D eigenvalue weighted by Crippen LogP contribution is -2.53. The van der Waals surface area contributed by atoms with Crippen LogP contribution in [0.2, 0.25) is 0 Å². The predicted molar refractivity (Wildman–Crippen MR) is 107 cm³/mol. The Morgan fingerprint density at radius 1 is 1.56 bits per heavy atom. The first-order valence-electron chi connectivity index (χ1n) is 9.61. The molecule has 1 aromatic rings. The molecule has 0 spiro atoms. The van der Waals surface area contributed by atoms with Crippen molar-refractivity contribution in [1.82, 2.24) is 15.2 Å². The first kappa shape index (κ1) is 20.6. The second-order valence-corrected chi connectivity index (χ2v) is 9.40. The van der Waals surface area contributed by atoms with E-state index in [1.54, 1.807) is 5.38 Å². The van der Waals surface area contributed by atoms with Gasteiger partial charge in [0.25, 0.3) is 0 Å². The normalized spacial score (nSPS) is 25.1. The molecule has 27 heavy (non-hydrogen) atoms. The minimum absolute atomic E-state index is 0.0134. The maximum atomic E-state index is 12.4. The number of nitrogens with zero attached hydrogens (tertiary/aromatic N) is 2. The van der Waals surface area contributed by atoms with E-state index in [4.69, 9.17) is 10.8 Å². The van der Waals surface area contributed by atoms with Gasteiger partial charge in [-0.2, -0.15) is 0 Å². The average molecular weight is 413 g/mol. The Labute approximate surface area is 168 Å². The van der Waals surface area contributed by atoms with E-state index in [-0.39, 0.29) is 23.7 Å². The first-order valence-corrected chi connectivity index (χ1v) is 11.5. The summed E-state index contributed by atoms with van der Waals surface area (Å²) < 4.78 is 0.724. The standard InChI is InChI=1S/C18H28N4O3S2/c1-2-11(12-4-3-7-20-12)16(19)14-5-6-15(23)22(14)8-9-26-18-21-13(10-27-18)17(24)25/h10-12,14,16,20H,2-9,19H2,1H3,(H,24,25)/t11?,12?,14-,16?/m1/s1. The van der Waals surface area contributed by atoms with Gasteiger partial charge in [-0.1, -0.05) is 25.1 Å². The van der Waals surface area contributed by atoms with Gasteiger partial charge in [-0.25, -0.2) is 9.78 Å². The molecule has 0 saturated carbocycles. The molecule has 4 atom stereocenters. The Kier molecular flexibility index (Phi) is 7.13. The van der Waals surface area contributed by atoms with E-state index in [1.165, 1.54) is 35.9 Å². The van der Waals surface area contributed by atoms with Gasteiger partial charge < -0.3 is 21.1 Å². The summed E-state index contributed by atoms with van der Waals surface area (Å²) in [5.74, 6) is 0.247. The summed E-state index contributed by atoms with van der Waals surface area (Å²) in [5.41, 5.74) is 6.75. The number of thioether (sulfide) groups is 1. The molecule has 150 valence electrons. The average Bonchev–Trinajstić information content (AvgIpc) is 3.38. The summed E-state index contributed by atoms with van der Waals surface area (Å²) >= 11 is 2.83. The molecule has 9 heteroatoms. The van der Waals surface area contributed by atoms with Gasteiger partial charge in [0.2, 0.25) is 5.91 Å². The molecule has 2 aliphatic rings. The number of carboxylic acids is 1. The number of amides is 1. The van der Waals surface area contributed by atoms with E-state index in [0.717, 1.165) is 23.7 Å². The van der Waals surface area contributed by atoms with Crippen LogP contribution in [-0.4, -0.2) is 63.8 Å². The number of aromatic carboxylic acids is 1. The van der Waals surface area contributed by atoms with Crippen molar-refractivity contribution in [2.45, 2.75) is 61.5 Å². The monoisotopic (exact) mass is 412 g/mol. The molecule has 7 nitrogen and oxygen atoms in total. The van der Waals surface area contributed by atoms with E-state index >= 15 is 0 Å². The van der Waals surface area contributed by atoms with Crippen LogP contribution < -0.4 is 11.1 Å². The number of nitrogens with one attached hydrogen (secondary N) is 1. The molecule has 3 unspecified atom stereocenters. The van der Waals surface area contributed by atoms with Crippen molar-refractivity contribution < 1.29 is 14.7 Å². The number of thiazole rings is 1. The zero-order chi connectivity index (χ0) is 19.4. The van der Waals surface area contributed by atoms with Crippen LogP contribution in [0.15, 0.2) is 9.72 Å². The quantitative estimate of drug-likeness (QED) is 0.533. The molecule has 1 aromatic heterocycles. The van der Waals surface area contributed by atoms with Crippen LogP contribution in [-0.2, 0) is 4.79 Å². The molecule has 0 bridgehead atoms. The van der Waals surface area contributed by atoms with Crippen molar-refractivity contribution in [3.8, 4) is 0 Å². The lowest BCUT2D eigenvalue weighted by atomic mass is 9.84. The largest absolute Gasteiger partial charge is 0.476 e. The summed E-state index contributed by atoms with van der Waals surface area (Å²) in [6, 6.07) is 0.540. The van der Waals surface area contributed by atoms with Gasteiger partial charge >= 0.3 is 5.97 Å². The molecule has 2 aliphatic heterocycles. The van der Waals surface area contributed by atoms with Crippen molar-refractivity contribution in [1.29, 1.82) is 0 Å². The van der Waals surface area contributed by atoms with Gasteiger partial charge in [-0.15, -0.1) is 11.3 Å². The summed E-state index contributed by atoms with van der Waals surface area (Å²) in [6.45, 7) is 3.87. The fourth-order valence-corrected chi connectivity index (χ4v) is 6.10. The number of rotatable bonds is 9. The maximum absolute atomic E-state index is 12.4. The Morgan fingerprint density at radius 2 is 2.37 bits per heavy atom. The van der Waals surface area contributed by atoms with Crippen LogP contribution in [0.3, 0.4) is 0 Å². The van der Waals surface area contributed by atoms with Crippen LogP contribution in [0.4, 0.5) is 0 Å². The van der Waals surface area contributed by atoms with Crippen molar-refractivity contribution in [3.63, 3.8) is 0 Å². The molecular formula is C18H28N4O3S2. The third-order valence-electron chi connectivity index (χ3n) is 5.66. The van der Waals surface area contributed by atoms with Crippen LogP contribution >= 0.6 is 23.1 Å².